The van der Waals surface area contributed by atoms with Gasteiger partial charge < -0.3 is 5.11 Å². The second-order valence-corrected chi connectivity index (χ2v) is 4.31. The topological polar surface area (TPSA) is 61.1 Å². The van der Waals surface area contributed by atoms with Gasteiger partial charge in [-0.15, -0.1) is 11.3 Å². The lowest BCUT2D eigenvalue weighted by molar-refractivity contribution is -0.142. The summed E-state index contributed by atoms with van der Waals surface area (Å²) in [4.78, 5) is 10.9. The van der Waals surface area contributed by atoms with Crippen LogP contribution in [0.5, 0.6) is 0 Å². The van der Waals surface area contributed by atoms with E-state index >= 15 is 0 Å². The van der Waals surface area contributed by atoms with Gasteiger partial charge in [-0.3, -0.25) is 4.79 Å². The van der Waals surface area contributed by atoms with E-state index in [-0.39, 0.29) is 10.4 Å². The molecule has 0 radical (unpaired) electrons. The Labute approximate surface area is 87.6 Å². The van der Waals surface area contributed by atoms with E-state index < -0.39 is 23.7 Å². The Morgan fingerprint density at radius 2 is 2.27 bits per heavy atom. The average molecular weight is 229 g/mol. The number of carboxylic acid groups (broad SMARTS) is 1. The molecule has 0 aromatic carbocycles. The molecule has 1 N–H and O–H groups in total. The number of hydrogen-bond donors (Lipinski definition) is 1. The predicted octanol–water partition coefficient (Wildman–Crippen LogP) is 1.98. The van der Waals surface area contributed by atoms with E-state index in [4.69, 9.17) is 10.4 Å². The van der Waals surface area contributed by atoms with Crippen LogP contribution in [0.25, 0.3) is 0 Å². The quantitative estimate of drug-likeness (QED) is 0.843. The maximum absolute atomic E-state index is 13.0. The van der Waals surface area contributed by atoms with E-state index in [0.29, 0.717) is 0 Å². The van der Waals surface area contributed by atoms with Crippen molar-refractivity contribution in [2.24, 2.45) is 0 Å². The lowest BCUT2D eigenvalue weighted by Gasteiger charge is -2.07. The molecule has 1 unspecified atom stereocenters. The molecule has 1 aliphatic carbocycles. The zero-order valence-corrected chi connectivity index (χ0v) is 8.15. The van der Waals surface area contributed by atoms with Crippen molar-refractivity contribution in [2.45, 2.75) is 17.8 Å². The summed E-state index contributed by atoms with van der Waals surface area (Å²) in [5.74, 6) is -4.73. The zero-order valence-electron chi connectivity index (χ0n) is 7.33. The summed E-state index contributed by atoms with van der Waals surface area (Å²) in [5, 5.41) is 18.7. The molecule has 1 atom stereocenters. The number of rotatable bonds is 2. The van der Waals surface area contributed by atoms with E-state index in [2.05, 4.69) is 0 Å². The lowest BCUT2D eigenvalue weighted by Crippen LogP contribution is -2.25. The van der Waals surface area contributed by atoms with Gasteiger partial charge >= 0.3 is 5.97 Å². The summed E-state index contributed by atoms with van der Waals surface area (Å²) < 4.78 is 26.1. The minimum absolute atomic E-state index is 0.0524. The van der Waals surface area contributed by atoms with Crippen LogP contribution in [0.2, 0.25) is 0 Å². The molecular weight excluding hydrogens is 224 g/mol. The molecule has 78 valence electrons. The van der Waals surface area contributed by atoms with Crippen LogP contribution < -0.4 is 0 Å². The van der Waals surface area contributed by atoms with Gasteiger partial charge in [-0.2, -0.15) is 5.26 Å². The van der Waals surface area contributed by atoms with Crippen molar-refractivity contribution in [3.63, 3.8) is 0 Å². The first-order chi connectivity index (χ1) is 6.94. The highest BCUT2D eigenvalue weighted by Gasteiger charge is 2.78. The third kappa shape index (κ3) is 1.16. The minimum atomic E-state index is -3.20. The molecule has 1 aromatic heterocycles. The highest BCUT2D eigenvalue weighted by molar-refractivity contribution is 7.10. The molecule has 1 aliphatic rings. The predicted molar refractivity (Wildman–Crippen MR) is 47.9 cm³/mol. The Balaban J connectivity index is 2.46. The van der Waals surface area contributed by atoms with Crippen molar-refractivity contribution in [1.29, 1.82) is 5.26 Å². The minimum Gasteiger partial charge on any atom is -0.480 e. The molecule has 1 heterocycles. The average Bonchev–Trinajstić information content (AvgIpc) is 2.60. The largest absolute Gasteiger partial charge is 0.480 e. The number of alkyl halides is 2. The van der Waals surface area contributed by atoms with Gasteiger partial charge in [0.2, 0.25) is 0 Å². The van der Waals surface area contributed by atoms with Gasteiger partial charge in [-0.1, -0.05) is 0 Å². The molecule has 6 heteroatoms. The molecule has 0 amide bonds. The van der Waals surface area contributed by atoms with E-state index in [1.54, 1.807) is 6.07 Å². The van der Waals surface area contributed by atoms with Gasteiger partial charge in [0.15, 0.2) is 5.41 Å². The van der Waals surface area contributed by atoms with Gasteiger partial charge in [0, 0.05) is 16.7 Å². The van der Waals surface area contributed by atoms with Crippen molar-refractivity contribution in [1.82, 2.24) is 0 Å². The number of nitriles is 1. The number of carboxylic acids is 1. The summed E-state index contributed by atoms with van der Waals surface area (Å²) >= 11 is 0.891. The molecule has 1 saturated carbocycles. The van der Waals surface area contributed by atoms with Gasteiger partial charge in [0.25, 0.3) is 5.92 Å². The fourth-order valence-corrected chi connectivity index (χ4v) is 2.59. The monoisotopic (exact) mass is 229 g/mol. The third-order valence-corrected chi connectivity index (χ3v) is 3.59. The molecule has 15 heavy (non-hydrogen) atoms. The van der Waals surface area contributed by atoms with E-state index in [0.717, 1.165) is 11.3 Å². The fourth-order valence-electron chi connectivity index (χ4n) is 1.51. The fraction of sp³-hybridized carbons (Fsp3) is 0.333. The summed E-state index contributed by atoms with van der Waals surface area (Å²) in [7, 11) is 0. The molecule has 3 nitrogen and oxygen atoms in total. The highest BCUT2D eigenvalue weighted by atomic mass is 32.1. The maximum atomic E-state index is 13.0. The smallest absolute Gasteiger partial charge is 0.321 e. The Morgan fingerprint density at radius 3 is 2.60 bits per heavy atom. The van der Waals surface area contributed by atoms with Crippen molar-refractivity contribution < 1.29 is 18.7 Å². The number of aliphatic carboxylic acids is 1. The van der Waals surface area contributed by atoms with Crippen LogP contribution in [0.15, 0.2) is 11.4 Å². The van der Waals surface area contributed by atoms with E-state index in [1.807, 2.05) is 0 Å². The second-order valence-electron chi connectivity index (χ2n) is 3.40. The molecule has 0 saturated heterocycles. The Hall–Kier alpha value is -1.48. The van der Waals surface area contributed by atoms with Crippen LogP contribution in [-0.4, -0.2) is 17.0 Å². The van der Waals surface area contributed by atoms with Crippen molar-refractivity contribution in [3.8, 4) is 6.07 Å². The van der Waals surface area contributed by atoms with Crippen LogP contribution in [0.4, 0.5) is 8.78 Å². The maximum Gasteiger partial charge on any atom is 0.321 e. The number of thiophene rings is 1. The zero-order chi connectivity index (χ0) is 11.3. The molecule has 0 spiro atoms. The summed E-state index contributed by atoms with van der Waals surface area (Å²) in [6.45, 7) is 0. The number of hydrogen-bond acceptors (Lipinski definition) is 3. The second kappa shape index (κ2) is 2.76. The van der Waals surface area contributed by atoms with Crippen LogP contribution in [0, 0.1) is 11.3 Å². The number of halogens is 2. The first-order valence-electron chi connectivity index (χ1n) is 4.04. The van der Waals surface area contributed by atoms with E-state index in [9.17, 15) is 13.6 Å². The van der Waals surface area contributed by atoms with Crippen LogP contribution >= 0.6 is 11.3 Å². The first-order valence-corrected chi connectivity index (χ1v) is 4.92. The summed E-state index contributed by atoms with van der Waals surface area (Å²) in [5.41, 5.74) is -1.87. The van der Waals surface area contributed by atoms with Crippen LogP contribution in [0.3, 0.4) is 0 Å². The summed E-state index contributed by atoms with van der Waals surface area (Å²) in [6.07, 6.45) is -0.680. The van der Waals surface area contributed by atoms with Gasteiger partial charge in [-0.25, -0.2) is 8.78 Å². The Bertz CT molecular complexity index is 477. The standard InChI is InChI=1S/C9H5F2NO2S/c10-9(11)4-8(9,7(13)14)6-1-5(2-12)3-15-6/h1,3H,4H2,(H,13,14). The summed E-state index contributed by atoms with van der Waals surface area (Å²) in [6, 6.07) is 3.01. The third-order valence-electron chi connectivity index (χ3n) is 2.50. The van der Waals surface area contributed by atoms with Crippen molar-refractivity contribution in [2.75, 3.05) is 0 Å². The Kier molecular flexibility index (Phi) is 1.85. The van der Waals surface area contributed by atoms with Gasteiger partial charge in [-0.05, 0) is 6.07 Å². The van der Waals surface area contributed by atoms with Crippen molar-refractivity contribution in [3.05, 3.63) is 21.9 Å². The molecule has 1 aromatic rings. The van der Waals surface area contributed by atoms with Crippen molar-refractivity contribution >= 4 is 17.3 Å². The van der Waals surface area contributed by atoms with Gasteiger partial charge in [0.05, 0.1) is 5.56 Å². The lowest BCUT2D eigenvalue weighted by atomic mass is 10.0. The normalized spacial score (nSPS) is 27.0. The van der Waals surface area contributed by atoms with Crippen LogP contribution in [0.1, 0.15) is 16.9 Å². The molecule has 1 fully saturated rings. The number of nitrogens with zero attached hydrogens (tertiary/aromatic N) is 1. The first kappa shape index (κ1) is 10.1. The molecular formula is C9H5F2NO2S. The highest BCUT2D eigenvalue weighted by Crippen LogP contribution is 2.62. The van der Waals surface area contributed by atoms with Gasteiger partial charge in [0.1, 0.15) is 6.07 Å². The SMILES string of the molecule is N#Cc1csc(C2(C(=O)O)CC2(F)F)c1. The Morgan fingerprint density at radius 1 is 1.67 bits per heavy atom. The molecule has 0 aliphatic heterocycles. The van der Waals surface area contributed by atoms with E-state index in [1.165, 1.54) is 11.4 Å². The number of carbonyl (C=O) groups is 1. The molecule has 2 rings (SSSR count). The molecule has 0 bridgehead atoms. The van der Waals surface area contributed by atoms with Crippen LogP contribution in [-0.2, 0) is 10.2 Å².